The maximum Gasteiger partial charge on any atom is 0.165 e. The van der Waals surface area contributed by atoms with E-state index in [1.54, 1.807) is 13.2 Å². The molecule has 19 heavy (non-hydrogen) atoms. The molecule has 5 heteroatoms. The van der Waals surface area contributed by atoms with Crippen molar-refractivity contribution in [1.29, 1.82) is 0 Å². The van der Waals surface area contributed by atoms with Crippen LogP contribution in [0.25, 0.3) is 11.4 Å². The molecule has 0 atom stereocenters. The van der Waals surface area contributed by atoms with Gasteiger partial charge in [-0.3, -0.25) is 0 Å². The lowest BCUT2D eigenvalue weighted by molar-refractivity contribution is 0.181. The number of hydrogen-bond donors (Lipinski definition) is 1. The standard InChI is InChI=1S/C14H17N3O2/c1-3-19-12-7-5-4-6-11(12)14-16-10(9-18-2)8-13(15)17-14/h4-8H,3,9H2,1-2H3,(H2,15,16,17). The molecule has 5 nitrogen and oxygen atoms in total. The van der Waals surface area contributed by atoms with Gasteiger partial charge in [-0.2, -0.15) is 0 Å². The van der Waals surface area contributed by atoms with Crippen molar-refractivity contribution in [3.05, 3.63) is 36.0 Å². The van der Waals surface area contributed by atoms with Crippen molar-refractivity contribution in [3.63, 3.8) is 0 Å². The van der Waals surface area contributed by atoms with Crippen molar-refractivity contribution in [1.82, 2.24) is 9.97 Å². The average molecular weight is 259 g/mol. The number of anilines is 1. The van der Waals surface area contributed by atoms with Gasteiger partial charge >= 0.3 is 0 Å². The predicted molar refractivity (Wildman–Crippen MR) is 73.8 cm³/mol. The second kappa shape index (κ2) is 6.15. The molecule has 0 saturated heterocycles. The Hall–Kier alpha value is -2.14. The van der Waals surface area contributed by atoms with Crippen LogP contribution in [0.3, 0.4) is 0 Å². The van der Waals surface area contributed by atoms with Gasteiger partial charge in [-0.1, -0.05) is 12.1 Å². The Morgan fingerprint density at radius 3 is 2.74 bits per heavy atom. The van der Waals surface area contributed by atoms with Crippen LogP contribution in [-0.4, -0.2) is 23.7 Å². The van der Waals surface area contributed by atoms with Crippen LogP contribution in [-0.2, 0) is 11.3 Å². The smallest absolute Gasteiger partial charge is 0.165 e. The van der Waals surface area contributed by atoms with Gasteiger partial charge in [0, 0.05) is 13.2 Å². The quantitative estimate of drug-likeness (QED) is 0.892. The minimum absolute atomic E-state index is 0.399. The Bertz CT molecular complexity index is 558. The summed E-state index contributed by atoms with van der Waals surface area (Å²) in [5.41, 5.74) is 7.38. The van der Waals surface area contributed by atoms with Crippen LogP contribution in [0.4, 0.5) is 5.82 Å². The number of hydrogen-bond acceptors (Lipinski definition) is 5. The van der Waals surface area contributed by atoms with Gasteiger partial charge in [-0.15, -0.1) is 0 Å². The molecule has 0 spiro atoms. The van der Waals surface area contributed by atoms with Gasteiger partial charge in [-0.25, -0.2) is 9.97 Å². The number of nitrogens with zero attached hydrogens (tertiary/aromatic N) is 2. The Balaban J connectivity index is 2.46. The second-order valence-corrected chi connectivity index (χ2v) is 3.97. The maximum absolute atomic E-state index is 5.80. The Kier molecular flexibility index (Phi) is 4.30. The van der Waals surface area contributed by atoms with Crippen LogP contribution in [0.1, 0.15) is 12.6 Å². The van der Waals surface area contributed by atoms with E-state index in [2.05, 4.69) is 9.97 Å². The summed E-state index contributed by atoms with van der Waals surface area (Å²) in [5, 5.41) is 0. The zero-order chi connectivity index (χ0) is 13.7. The van der Waals surface area contributed by atoms with Gasteiger partial charge in [0.1, 0.15) is 11.6 Å². The Morgan fingerprint density at radius 2 is 2.00 bits per heavy atom. The van der Waals surface area contributed by atoms with Crippen LogP contribution < -0.4 is 10.5 Å². The molecular weight excluding hydrogens is 242 g/mol. The molecule has 0 saturated carbocycles. The van der Waals surface area contributed by atoms with E-state index in [-0.39, 0.29) is 0 Å². The third-order valence-corrected chi connectivity index (χ3v) is 2.52. The van der Waals surface area contributed by atoms with Gasteiger partial charge in [0.25, 0.3) is 0 Å². The van der Waals surface area contributed by atoms with Gasteiger partial charge in [0.15, 0.2) is 5.82 Å². The molecule has 0 aliphatic carbocycles. The second-order valence-electron chi connectivity index (χ2n) is 3.97. The first kappa shape index (κ1) is 13.3. The van der Waals surface area contributed by atoms with Crippen molar-refractivity contribution < 1.29 is 9.47 Å². The molecule has 2 aromatic rings. The van der Waals surface area contributed by atoms with E-state index >= 15 is 0 Å². The molecule has 0 aliphatic rings. The largest absolute Gasteiger partial charge is 0.493 e. The molecule has 2 N–H and O–H groups in total. The van der Waals surface area contributed by atoms with E-state index in [1.807, 2.05) is 31.2 Å². The first-order valence-corrected chi connectivity index (χ1v) is 6.09. The summed E-state index contributed by atoms with van der Waals surface area (Å²) >= 11 is 0. The normalized spacial score (nSPS) is 10.4. The third kappa shape index (κ3) is 3.20. The van der Waals surface area contributed by atoms with Crippen LogP contribution in [0.5, 0.6) is 5.75 Å². The van der Waals surface area contributed by atoms with Crippen LogP contribution in [0.2, 0.25) is 0 Å². The van der Waals surface area contributed by atoms with Crippen LogP contribution in [0, 0.1) is 0 Å². The van der Waals surface area contributed by atoms with Crippen molar-refractivity contribution >= 4 is 5.82 Å². The Labute approximate surface area is 112 Å². The number of nitrogen functional groups attached to an aromatic ring is 1. The molecule has 0 radical (unpaired) electrons. The summed E-state index contributed by atoms with van der Waals surface area (Å²) in [6, 6.07) is 9.34. The number of rotatable bonds is 5. The van der Waals surface area contributed by atoms with Gasteiger partial charge in [0.2, 0.25) is 0 Å². The number of methoxy groups -OCH3 is 1. The molecule has 0 unspecified atom stereocenters. The predicted octanol–water partition coefficient (Wildman–Crippen LogP) is 2.27. The molecule has 1 aromatic carbocycles. The highest BCUT2D eigenvalue weighted by molar-refractivity contribution is 5.65. The SMILES string of the molecule is CCOc1ccccc1-c1nc(N)cc(COC)n1. The fourth-order valence-electron chi connectivity index (χ4n) is 1.79. The number of aromatic nitrogens is 2. The van der Waals surface area contributed by atoms with E-state index in [1.165, 1.54) is 0 Å². The molecule has 1 aromatic heterocycles. The fraction of sp³-hybridized carbons (Fsp3) is 0.286. The lowest BCUT2D eigenvalue weighted by Crippen LogP contribution is -2.03. The highest BCUT2D eigenvalue weighted by Gasteiger charge is 2.10. The van der Waals surface area contributed by atoms with Gasteiger partial charge in [-0.05, 0) is 19.1 Å². The van der Waals surface area contributed by atoms with Crippen LogP contribution in [0.15, 0.2) is 30.3 Å². The first-order chi connectivity index (χ1) is 9.24. The van der Waals surface area contributed by atoms with Crippen molar-refractivity contribution in [2.75, 3.05) is 19.5 Å². The first-order valence-electron chi connectivity index (χ1n) is 6.09. The van der Waals surface area contributed by atoms with E-state index in [0.29, 0.717) is 24.9 Å². The topological polar surface area (TPSA) is 70.3 Å². The lowest BCUT2D eigenvalue weighted by Gasteiger charge is -2.10. The summed E-state index contributed by atoms with van der Waals surface area (Å²) < 4.78 is 10.7. The third-order valence-electron chi connectivity index (χ3n) is 2.52. The number of nitrogens with two attached hydrogens (primary N) is 1. The monoisotopic (exact) mass is 259 g/mol. The van der Waals surface area contributed by atoms with Crippen LogP contribution >= 0.6 is 0 Å². The lowest BCUT2D eigenvalue weighted by atomic mass is 10.2. The van der Waals surface area contributed by atoms with Crippen molar-refractivity contribution in [2.24, 2.45) is 0 Å². The molecule has 0 bridgehead atoms. The van der Waals surface area contributed by atoms with Gasteiger partial charge < -0.3 is 15.2 Å². The summed E-state index contributed by atoms with van der Waals surface area (Å²) in [6.45, 7) is 2.92. The Morgan fingerprint density at radius 1 is 1.21 bits per heavy atom. The maximum atomic E-state index is 5.80. The zero-order valence-corrected chi connectivity index (χ0v) is 11.1. The minimum atomic E-state index is 0.399. The number of benzene rings is 1. The highest BCUT2D eigenvalue weighted by Crippen LogP contribution is 2.27. The van der Waals surface area contributed by atoms with E-state index in [9.17, 15) is 0 Å². The molecular formula is C14H17N3O2. The molecule has 0 amide bonds. The fourth-order valence-corrected chi connectivity index (χ4v) is 1.79. The van der Waals surface area contributed by atoms with Crippen molar-refractivity contribution in [3.8, 4) is 17.1 Å². The van der Waals surface area contributed by atoms with E-state index < -0.39 is 0 Å². The zero-order valence-electron chi connectivity index (χ0n) is 11.1. The molecule has 0 fully saturated rings. The molecule has 2 rings (SSSR count). The van der Waals surface area contributed by atoms with E-state index in [0.717, 1.165) is 17.0 Å². The van der Waals surface area contributed by atoms with E-state index in [4.69, 9.17) is 15.2 Å². The van der Waals surface area contributed by atoms with Crippen molar-refractivity contribution in [2.45, 2.75) is 13.5 Å². The van der Waals surface area contributed by atoms with Gasteiger partial charge in [0.05, 0.1) is 24.5 Å². The summed E-state index contributed by atoms with van der Waals surface area (Å²) in [7, 11) is 1.62. The molecule has 100 valence electrons. The number of para-hydroxylation sites is 1. The summed E-state index contributed by atoms with van der Waals surface area (Å²) in [4.78, 5) is 8.70. The summed E-state index contributed by atoms with van der Waals surface area (Å²) in [6.07, 6.45) is 0. The molecule has 0 aliphatic heterocycles. The highest BCUT2D eigenvalue weighted by atomic mass is 16.5. The molecule has 1 heterocycles. The summed E-state index contributed by atoms with van der Waals surface area (Å²) in [5.74, 6) is 1.72. The minimum Gasteiger partial charge on any atom is -0.493 e. The number of ether oxygens (including phenoxy) is 2. The average Bonchev–Trinajstić information content (AvgIpc) is 2.39.